The van der Waals surface area contributed by atoms with Crippen molar-refractivity contribution in [2.75, 3.05) is 26.5 Å². The summed E-state index contributed by atoms with van der Waals surface area (Å²) >= 11 is 0. The third kappa shape index (κ3) is 3.64. The molecule has 0 N–H and O–H groups in total. The van der Waals surface area contributed by atoms with Crippen LogP contribution in [0.15, 0.2) is 18.2 Å². The van der Waals surface area contributed by atoms with Crippen LogP contribution in [-0.4, -0.2) is 37.5 Å². The first kappa shape index (κ1) is 15.3. The fourth-order valence-corrected chi connectivity index (χ4v) is 4.04. The molecule has 0 atom stereocenters. The van der Waals surface area contributed by atoms with Crippen molar-refractivity contribution in [2.24, 2.45) is 5.92 Å². The summed E-state index contributed by atoms with van der Waals surface area (Å²) in [5.41, 5.74) is 1.24. The van der Waals surface area contributed by atoms with E-state index in [0.717, 1.165) is 56.5 Å². The molecule has 1 aromatic carbocycles. The van der Waals surface area contributed by atoms with Crippen LogP contribution < -0.4 is 9.47 Å². The predicted molar refractivity (Wildman–Crippen MR) is 88.8 cm³/mol. The van der Waals surface area contributed by atoms with Crippen molar-refractivity contribution in [3.63, 3.8) is 0 Å². The molecule has 1 saturated carbocycles. The highest BCUT2D eigenvalue weighted by Gasteiger charge is 2.24. The average molecular weight is 317 g/mol. The van der Waals surface area contributed by atoms with Crippen LogP contribution >= 0.6 is 0 Å². The van der Waals surface area contributed by atoms with Crippen molar-refractivity contribution in [2.45, 2.75) is 51.2 Å². The summed E-state index contributed by atoms with van der Waals surface area (Å²) in [4.78, 5) is 2.51. The van der Waals surface area contributed by atoms with Gasteiger partial charge in [0.05, 0.1) is 6.10 Å². The van der Waals surface area contributed by atoms with E-state index in [4.69, 9.17) is 14.2 Å². The summed E-state index contributed by atoms with van der Waals surface area (Å²) in [5, 5.41) is 0. The molecule has 4 rings (SSSR count). The Balaban J connectivity index is 1.24. The molecule has 0 bridgehead atoms. The van der Waals surface area contributed by atoms with Gasteiger partial charge in [-0.2, -0.15) is 0 Å². The number of hydrogen-bond acceptors (Lipinski definition) is 4. The normalized spacial score (nSPS) is 22.8. The Hall–Kier alpha value is -1.26. The van der Waals surface area contributed by atoms with Gasteiger partial charge in [0.15, 0.2) is 11.5 Å². The van der Waals surface area contributed by atoms with E-state index >= 15 is 0 Å². The van der Waals surface area contributed by atoms with E-state index < -0.39 is 0 Å². The molecule has 1 saturated heterocycles. The Bertz CT molecular complexity index is 519. The zero-order valence-corrected chi connectivity index (χ0v) is 13.8. The molecular formula is C19H27NO3. The minimum absolute atomic E-state index is 0.351. The van der Waals surface area contributed by atoms with E-state index in [0.29, 0.717) is 12.9 Å². The molecule has 0 amide bonds. The van der Waals surface area contributed by atoms with E-state index in [1.807, 2.05) is 6.07 Å². The summed E-state index contributed by atoms with van der Waals surface area (Å²) in [6.07, 6.45) is 8.32. The van der Waals surface area contributed by atoms with E-state index in [1.54, 1.807) is 0 Å². The lowest BCUT2D eigenvalue weighted by Crippen LogP contribution is -2.37. The van der Waals surface area contributed by atoms with Gasteiger partial charge in [-0.3, -0.25) is 4.90 Å². The fraction of sp³-hybridized carbons (Fsp3) is 0.684. The summed E-state index contributed by atoms with van der Waals surface area (Å²) in [6.45, 7) is 4.51. The third-order valence-electron chi connectivity index (χ3n) is 5.45. The fourth-order valence-electron chi connectivity index (χ4n) is 4.04. The third-order valence-corrected chi connectivity index (χ3v) is 5.45. The van der Waals surface area contributed by atoms with Gasteiger partial charge in [0.25, 0.3) is 0 Å². The molecule has 0 radical (unpaired) electrons. The van der Waals surface area contributed by atoms with E-state index in [2.05, 4.69) is 17.0 Å². The zero-order valence-electron chi connectivity index (χ0n) is 13.8. The summed E-state index contributed by atoms with van der Waals surface area (Å²) in [6, 6.07) is 6.19. The topological polar surface area (TPSA) is 30.9 Å². The highest BCUT2D eigenvalue weighted by Crippen LogP contribution is 2.36. The smallest absolute Gasteiger partial charge is 0.231 e. The molecule has 1 aliphatic carbocycles. The first-order valence-corrected chi connectivity index (χ1v) is 9.10. The van der Waals surface area contributed by atoms with Gasteiger partial charge in [-0.1, -0.05) is 25.0 Å². The van der Waals surface area contributed by atoms with Gasteiger partial charge in [0.2, 0.25) is 6.79 Å². The highest BCUT2D eigenvalue weighted by atomic mass is 16.7. The standard InChI is InChI=1S/C19H27NO3/c1-2-5-15(4-1)13-21-17-8-10-20(11-9-17)12-16-6-3-7-18-19(16)23-14-22-18/h3,6-7,15,17H,1-2,4-5,8-14H2. The number of benzene rings is 1. The van der Waals surface area contributed by atoms with Gasteiger partial charge in [-0.05, 0) is 37.7 Å². The average Bonchev–Trinajstić information content (AvgIpc) is 3.26. The molecule has 4 heteroatoms. The number of hydrogen-bond donors (Lipinski definition) is 0. The number of piperidine rings is 1. The first-order valence-electron chi connectivity index (χ1n) is 9.10. The van der Waals surface area contributed by atoms with Crippen LogP contribution in [0, 0.1) is 5.92 Å². The molecule has 2 aliphatic heterocycles. The van der Waals surface area contributed by atoms with Gasteiger partial charge in [-0.25, -0.2) is 0 Å². The second-order valence-corrected chi connectivity index (χ2v) is 7.11. The number of para-hydroxylation sites is 1. The number of fused-ring (bicyclic) bond motifs is 1. The van der Waals surface area contributed by atoms with Gasteiger partial charge in [0.1, 0.15) is 0 Å². The number of ether oxygens (including phenoxy) is 3. The Morgan fingerprint density at radius 3 is 2.70 bits per heavy atom. The lowest BCUT2D eigenvalue weighted by Gasteiger charge is -2.32. The zero-order chi connectivity index (χ0) is 15.5. The monoisotopic (exact) mass is 317 g/mol. The molecule has 0 spiro atoms. The van der Waals surface area contributed by atoms with Crippen LogP contribution in [0.4, 0.5) is 0 Å². The van der Waals surface area contributed by atoms with Crippen LogP contribution in [0.2, 0.25) is 0 Å². The lowest BCUT2D eigenvalue weighted by molar-refractivity contribution is -0.00971. The minimum Gasteiger partial charge on any atom is -0.454 e. The lowest BCUT2D eigenvalue weighted by atomic mass is 10.1. The Kier molecular flexibility index (Phi) is 4.72. The van der Waals surface area contributed by atoms with Crippen LogP contribution in [0.3, 0.4) is 0 Å². The maximum absolute atomic E-state index is 6.17. The van der Waals surface area contributed by atoms with Crippen LogP contribution in [0.1, 0.15) is 44.1 Å². The molecule has 0 unspecified atom stereocenters. The van der Waals surface area contributed by atoms with Gasteiger partial charge in [0, 0.05) is 31.8 Å². The van der Waals surface area contributed by atoms with Gasteiger partial charge < -0.3 is 14.2 Å². The second kappa shape index (κ2) is 7.10. The summed E-state index contributed by atoms with van der Waals surface area (Å²) < 4.78 is 17.2. The molecule has 0 aromatic heterocycles. The quantitative estimate of drug-likeness (QED) is 0.830. The maximum Gasteiger partial charge on any atom is 0.231 e. The molecule has 2 heterocycles. The molecule has 4 nitrogen and oxygen atoms in total. The molecule has 2 fully saturated rings. The van der Waals surface area contributed by atoms with Crippen molar-refractivity contribution in [3.05, 3.63) is 23.8 Å². The Morgan fingerprint density at radius 2 is 1.87 bits per heavy atom. The van der Waals surface area contributed by atoms with Crippen LogP contribution in [-0.2, 0) is 11.3 Å². The van der Waals surface area contributed by atoms with E-state index in [9.17, 15) is 0 Å². The van der Waals surface area contributed by atoms with E-state index in [-0.39, 0.29) is 0 Å². The summed E-state index contributed by atoms with van der Waals surface area (Å²) in [7, 11) is 0. The van der Waals surface area contributed by atoms with Crippen molar-refractivity contribution in [3.8, 4) is 11.5 Å². The SMILES string of the molecule is c1cc(CN2CCC(OCC3CCCC3)CC2)c2c(c1)OCO2. The summed E-state index contributed by atoms with van der Waals surface area (Å²) in [5.74, 6) is 2.65. The van der Waals surface area contributed by atoms with E-state index in [1.165, 1.54) is 31.2 Å². The van der Waals surface area contributed by atoms with Crippen molar-refractivity contribution >= 4 is 0 Å². The minimum atomic E-state index is 0.351. The Morgan fingerprint density at radius 1 is 1.04 bits per heavy atom. The van der Waals surface area contributed by atoms with Crippen molar-refractivity contribution in [1.82, 2.24) is 4.90 Å². The predicted octanol–water partition coefficient (Wildman–Crippen LogP) is 3.59. The van der Waals surface area contributed by atoms with Crippen LogP contribution in [0.5, 0.6) is 11.5 Å². The second-order valence-electron chi connectivity index (χ2n) is 7.11. The van der Waals surface area contributed by atoms with Gasteiger partial charge >= 0.3 is 0 Å². The number of rotatable bonds is 5. The molecule has 1 aromatic rings. The van der Waals surface area contributed by atoms with Gasteiger partial charge in [-0.15, -0.1) is 0 Å². The highest BCUT2D eigenvalue weighted by molar-refractivity contribution is 5.48. The largest absolute Gasteiger partial charge is 0.454 e. The molecule has 126 valence electrons. The molecular weight excluding hydrogens is 290 g/mol. The first-order chi connectivity index (χ1) is 11.4. The Labute approximate surface area is 138 Å². The maximum atomic E-state index is 6.17. The number of likely N-dealkylation sites (tertiary alicyclic amines) is 1. The van der Waals surface area contributed by atoms with Crippen molar-refractivity contribution in [1.29, 1.82) is 0 Å². The number of nitrogens with zero attached hydrogens (tertiary/aromatic N) is 1. The van der Waals surface area contributed by atoms with Crippen LogP contribution in [0.25, 0.3) is 0 Å². The molecule has 3 aliphatic rings. The molecule has 23 heavy (non-hydrogen) atoms. The van der Waals surface area contributed by atoms with Crippen molar-refractivity contribution < 1.29 is 14.2 Å².